The molecule has 4 heteroatoms. The fraction of sp³-hybridized carbons (Fsp3) is 0.529. The summed E-state index contributed by atoms with van der Waals surface area (Å²) >= 11 is 0. The molecule has 0 spiro atoms. The molecule has 0 aliphatic carbocycles. The number of pyridine rings is 1. The van der Waals surface area contributed by atoms with E-state index in [0.717, 1.165) is 6.42 Å². The van der Waals surface area contributed by atoms with Crippen molar-refractivity contribution in [3.05, 3.63) is 29.6 Å². The Morgan fingerprint density at radius 3 is 2.57 bits per heavy atom. The first-order valence-electron chi connectivity index (χ1n) is 7.01. The first-order valence-corrected chi connectivity index (χ1v) is 7.01. The lowest BCUT2D eigenvalue weighted by molar-refractivity contribution is 0.0891. The van der Waals surface area contributed by atoms with Gasteiger partial charge < -0.3 is 10.4 Å². The van der Waals surface area contributed by atoms with E-state index >= 15 is 0 Å². The van der Waals surface area contributed by atoms with Gasteiger partial charge in [0.2, 0.25) is 0 Å². The van der Waals surface area contributed by atoms with Gasteiger partial charge in [-0.15, -0.1) is 0 Å². The van der Waals surface area contributed by atoms with E-state index in [2.05, 4.69) is 42.9 Å². The van der Waals surface area contributed by atoms with Gasteiger partial charge in [0, 0.05) is 17.9 Å². The van der Waals surface area contributed by atoms with Crippen LogP contribution in [0.15, 0.2) is 18.5 Å². The summed E-state index contributed by atoms with van der Waals surface area (Å²) in [6, 6.07) is 1.64. The fourth-order valence-electron chi connectivity index (χ4n) is 2.57. The molecule has 1 aromatic rings. The number of carbonyl (C=O) groups excluding carboxylic acids is 1. The summed E-state index contributed by atoms with van der Waals surface area (Å²) < 4.78 is 0. The Hall–Kier alpha value is -1.86. The largest absolute Gasteiger partial charge is 0.384 e. The number of carbonyl (C=O) groups is 1. The van der Waals surface area contributed by atoms with Crippen molar-refractivity contribution >= 4 is 5.91 Å². The van der Waals surface area contributed by atoms with Crippen LogP contribution >= 0.6 is 0 Å². The minimum absolute atomic E-state index is 0.120. The molecule has 0 radical (unpaired) electrons. The molecule has 1 heterocycles. The maximum Gasteiger partial charge on any atom is 0.253 e. The lowest BCUT2D eigenvalue weighted by atomic mass is 9.81. The van der Waals surface area contributed by atoms with Crippen molar-refractivity contribution in [2.45, 2.75) is 46.6 Å². The highest BCUT2D eigenvalue weighted by Gasteiger charge is 2.27. The Morgan fingerprint density at radius 1 is 1.33 bits per heavy atom. The van der Waals surface area contributed by atoms with Gasteiger partial charge in [-0.2, -0.15) is 0 Å². The van der Waals surface area contributed by atoms with Crippen LogP contribution in [0.1, 0.15) is 57.0 Å². The Morgan fingerprint density at radius 2 is 2.00 bits per heavy atom. The van der Waals surface area contributed by atoms with E-state index in [9.17, 15) is 4.79 Å². The van der Waals surface area contributed by atoms with E-state index < -0.39 is 0 Å². The Bertz CT molecular complexity index is 560. The molecule has 0 aromatic carbocycles. The van der Waals surface area contributed by atoms with E-state index in [1.54, 1.807) is 12.3 Å². The maximum absolute atomic E-state index is 12.5. The van der Waals surface area contributed by atoms with Crippen molar-refractivity contribution in [1.29, 1.82) is 0 Å². The predicted octanol–water partition coefficient (Wildman–Crippen LogP) is 2.37. The van der Waals surface area contributed by atoms with Crippen molar-refractivity contribution in [3.63, 3.8) is 0 Å². The Balaban J connectivity index is 2.95. The van der Waals surface area contributed by atoms with Crippen molar-refractivity contribution in [3.8, 4) is 11.8 Å². The second kappa shape index (κ2) is 6.73. The van der Waals surface area contributed by atoms with Gasteiger partial charge in [0.05, 0.1) is 11.1 Å². The third kappa shape index (κ3) is 5.97. The number of rotatable bonds is 3. The molecule has 4 nitrogen and oxygen atoms in total. The summed E-state index contributed by atoms with van der Waals surface area (Å²) in [6.45, 7) is 10.2. The lowest BCUT2D eigenvalue weighted by Crippen LogP contribution is -2.46. The van der Waals surface area contributed by atoms with E-state index in [0.29, 0.717) is 11.1 Å². The molecule has 0 unspecified atom stereocenters. The fourth-order valence-corrected chi connectivity index (χ4v) is 2.57. The monoisotopic (exact) mass is 288 g/mol. The molecule has 0 aliphatic rings. The van der Waals surface area contributed by atoms with Gasteiger partial charge in [-0.05, 0) is 31.7 Å². The molecule has 0 aliphatic heterocycles. The molecule has 1 rings (SSSR count). The van der Waals surface area contributed by atoms with Crippen LogP contribution in [0.2, 0.25) is 0 Å². The maximum atomic E-state index is 12.5. The standard InChI is InChI=1S/C17H24N2O2/c1-16(2,3)12-17(4,5)19-15(21)14-8-9-18-11-13(14)7-6-10-20/h8-9,11,20H,10,12H2,1-5H3,(H,19,21). The van der Waals surface area contributed by atoms with Crippen molar-refractivity contribution in [2.24, 2.45) is 5.41 Å². The summed E-state index contributed by atoms with van der Waals surface area (Å²) in [6.07, 6.45) is 3.96. The molecule has 2 N–H and O–H groups in total. The van der Waals surface area contributed by atoms with Crippen LogP contribution in [0.4, 0.5) is 0 Å². The number of nitrogens with one attached hydrogen (secondary N) is 1. The average Bonchev–Trinajstić information content (AvgIpc) is 2.33. The Kier molecular flexibility index (Phi) is 5.51. The molecule has 0 saturated carbocycles. The van der Waals surface area contributed by atoms with E-state index in [-0.39, 0.29) is 23.5 Å². The van der Waals surface area contributed by atoms with Gasteiger partial charge in [0.1, 0.15) is 6.61 Å². The van der Waals surface area contributed by atoms with Gasteiger partial charge >= 0.3 is 0 Å². The number of aromatic nitrogens is 1. The van der Waals surface area contributed by atoms with Gasteiger partial charge in [-0.3, -0.25) is 9.78 Å². The zero-order valence-electron chi connectivity index (χ0n) is 13.4. The third-order valence-corrected chi connectivity index (χ3v) is 2.79. The van der Waals surface area contributed by atoms with E-state index in [1.165, 1.54) is 6.20 Å². The topological polar surface area (TPSA) is 62.2 Å². The van der Waals surface area contributed by atoms with Gasteiger partial charge in [-0.1, -0.05) is 32.6 Å². The van der Waals surface area contributed by atoms with E-state index in [4.69, 9.17) is 5.11 Å². The number of aliphatic hydroxyl groups excluding tert-OH is 1. The summed E-state index contributed by atoms with van der Waals surface area (Å²) in [5.41, 5.74) is 0.804. The van der Waals surface area contributed by atoms with E-state index in [1.807, 2.05) is 13.8 Å². The smallest absolute Gasteiger partial charge is 0.253 e. The van der Waals surface area contributed by atoms with Gasteiger partial charge in [-0.25, -0.2) is 0 Å². The van der Waals surface area contributed by atoms with Crippen molar-refractivity contribution in [1.82, 2.24) is 10.3 Å². The summed E-state index contributed by atoms with van der Waals surface area (Å²) in [7, 11) is 0. The Labute approximate surface area is 127 Å². The number of nitrogens with zero attached hydrogens (tertiary/aromatic N) is 1. The molecule has 0 bridgehead atoms. The SMILES string of the molecule is CC(C)(C)CC(C)(C)NC(=O)c1ccncc1C#CCO. The van der Waals surface area contributed by atoms with Crippen LogP contribution in [0, 0.1) is 17.3 Å². The summed E-state index contributed by atoms with van der Waals surface area (Å²) in [5.74, 6) is 5.13. The minimum Gasteiger partial charge on any atom is -0.384 e. The van der Waals surface area contributed by atoms with Crippen molar-refractivity contribution < 1.29 is 9.90 Å². The van der Waals surface area contributed by atoms with Crippen LogP contribution < -0.4 is 5.32 Å². The molecule has 0 atom stereocenters. The molecule has 21 heavy (non-hydrogen) atoms. The van der Waals surface area contributed by atoms with Crippen LogP contribution in [-0.2, 0) is 0 Å². The summed E-state index contributed by atoms with van der Waals surface area (Å²) in [4.78, 5) is 16.4. The second-order valence-corrected chi connectivity index (χ2v) is 6.96. The highest BCUT2D eigenvalue weighted by atomic mass is 16.2. The highest BCUT2D eigenvalue weighted by Crippen LogP contribution is 2.27. The molecule has 1 aromatic heterocycles. The predicted molar refractivity (Wildman–Crippen MR) is 83.8 cm³/mol. The zero-order chi connectivity index (χ0) is 16.1. The molecular weight excluding hydrogens is 264 g/mol. The van der Waals surface area contributed by atoms with Crippen LogP contribution in [-0.4, -0.2) is 28.1 Å². The highest BCUT2D eigenvalue weighted by molar-refractivity contribution is 5.97. The number of hydrogen-bond donors (Lipinski definition) is 2. The van der Waals surface area contributed by atoms with Crippen LogP contribution in [0.3, 0.4) is 0 Å². The van der Waals surface area contributed by atoms with Crippen molar-refractivity contribution in [2.75, 3.05) is 6.61 Å². The normalized spacial score (nSPS) is 11.5. The average molecular weight is 288 g/mol. The van der Waals surface area contributed by atoms with Crippen LogP contribution in [0.5, 0.6) is 0 Å². The first-order chi connectivity index (χ1) is 9.64. The lowest BCUT2D eigenvalue weighted by Gasteiger charge is -2.33. The summed E-state index contributed by atoms with van der Waals surface area (Å²) in [5, 5.41) is 11.8. The number of hydrogen-bond acceptors (Lipinski definition) is 3. The zero-order valence-corrected chi connectivity index (χ0v) is 13.4. The molecule has 1 amide bonds. The molecule has 114 valence electrons. The van der Waals surface area contributed by atoms with Gasteiger partial charge in [0.15, 0.2) is 0 Å². The quantitative estimate of drug-likeness (QED) is 0.839. The molecule has 0 fully saturated rings. The number of amides is 1. The third-order valence-electron chi connectivity index (χ3n) is 2.79. The number of aliphatic hydroxyl groups is 1. The van der Waals surface area contributed by atoms with Crippen LogP contribution in [0.25, 0.3) is 0 Å². The van der Waals surface area contributed by atoms with Gasteiger partial charge in [0.25, 0.3) is 5.91 Å². The first kappa shape index (κ1) is 17.2. The minimum atomic E-state index is -0.319. The molecular formula is C17H24N2O2. The molecule has 0 saturated heterocycles. The second-order valence-electron chi connectivity index (χ2n) is 6.96.